The van der Waals surface area contributed by atoms with E-state index in [4.69, 9.17) is 9.73 Å². The number of fused-ring (bicyclic) bond motifs is 1. The van der Waals surface area contributed by atoms with Gasteiger partial charge in [0.15, 0.2) is 0 Å². The van der Waals surface area contributed by atoms with E-state index in [-0.39, 0.29) is 0 Å². The van der Waals surface area contributed by atoms with E-state index in [0.29, 0.717) is 0 Å². The van der Waals surface area contributed by atoms with Gasteiger partial charge in [-0.05, 0) is 76.7 Å². The number of benzene rings is 1. The number of nitrogens with zero attached hydrogens (tertiary/aromatic N) is 1. The fourth-order valence-electron chi connectivity index (χ4n) is 3.13. The smallest absolute Gasteiger partial charge is 0.146 e. The third kappa shape index (κ3) is 2.92. The number of para-hydroxylation sites is 1. The van der Waals surface area contributed by atoms with Crippen molar-refractivity contribution in [1.29, 1.82) is 0 Å². The molecule has 0 radical (unpaired) electrons. The highest BCUT2D eigenvalue weighted by Crippen LogP contribution is 2.31. The largest absolute Gasteiger partial charge is 0.494 e. The topological polar surface area (TPSA) is 53.2 Å². The van der Waals surface area contributed by atoms with E-state index in [1.807, 2.05) is 12.1 Å². The summed E-state index contributed by atoms with van der Waals surface area (Å²) in [7, 11) is 1.69. The number of methoxy groups -OCH3 is 1. The Morgan fingerprint density at radius 3 is 2.50 bits per heavy atom. The summed E-state index contributed by atoms with van der Waals surface area (Å²) in [5.74, 6) is 0.774. The lowest BCUT2D eigenvalue weighted by molar-refractivity contribution is 0.303. The van der Waals surface area contributed by atoms with Gasteiger partial charge < -0.3 is 14.7 Å². The highest BCUT2D eigenvalue weighted by Gasteiger charge is 2.21. The van der Waals surface area contributed by atoms with Crippen molar-refractivity contribution in [2.45, 2.75) is 13.8 Å². The first-order chi connectivity index (χ1) is 12.5. The van der Waals surface area contributed by atoms with Crippen LogP contribution in [0.1, 0.15) is 22.6 Å². The Balaban J connectivity index is 1.82. The van der Waals surface area contributed by atoms with E-state index < -0.39 is 0 Å². The van der Waals surface area contributed by atoms with E-state index >= 15 is 0 Å². The van der Waals surface area contributed by atoms with Crippen molar-refractivity contribution in [3.63, 3.8) is 0 Å². The van der Waals surface area contributed by atoms with Gasteiger partial charge in [-0.3, -0.25) is 0 Å². The Morgan fingerprint density at radius 2 is 1.85 bits per heavy atom. The lowest BCUT2D eigenvalue weighted by Crippen LogP contribution is -1.96. The average Bonchev–Trinajstić information content (AvgIpc) is 3.27. The molecular formula is C20H17I2N3O. The van der Waals surface area contributed by atoms with Crippen LogP contribution in [0.5, 0.6) is 0 Å². The van der Waals surface area contributed by atoms with Crippen LogP contribution in [-0.4, -0.2) is 22.8 Å². The molecule has 1 aromatic carbocycles. The summed E-state index contributed by atoms with van der Waals surface area (Å²) in [6.07, 6.45) is 4.05. The van der Waals surface area contributed by atoms with Crippen LogP contribution >= 0.6 is 45.2 Å². The number of aliphatic imine (C=N–C) groups is 1. The molecule has 0 saturated heterocycles. The number of hydrogen-bond donors (Lipinski definition) is 2. The predicted octanol–water partition coefficient (Wildman–Crippen LogP) is 5.70. The standard InChI is InChI=1S/C20H17I2N3O/c1-10-14(23-11(2)18(10)21)8-15-17(26-3)9-16(24-15)20-19(22)12-6-4-5-7-13(12)25-20/h4-9,23,25H,1-3H3. The molecule has 0 unspecified atom stereocenters. The van der Waals surface area contributed by atoms with Crippen molar-refractivity contribution in [3.05, 3.63) is 71.6 Å². The van der Waals surface area contributed by atoms with Gasteiger partial charge in [0.1, 0.15) is 11.5 Å². The van der Waals surface area contributed by atoms with Crippen LogP contribution < -0.4 is 0 Å². The molecule has 0 saturated carbocycles. The van der Waals surface area contributed by atoms with E-state index in [1.54, 1.807) is 7.11 Å². The molecule has 2 aromatic heterocycles. The van der Waals surface area contributed by atoms with Gasteiger partial charge in [0.25, 0.3) is 0 Å². The molecule has 0 atom stereocenters. The van der Waals surface area contributed by atoms with Gasteiger partial charge in [0.05, 0.1) is 18.5 Å². The molecular weight excluding hydrogens is 552 g/mol. The second-order valence-corrected chi connectivity index (χ2v) is 8.36. The average molecular weight is 569 g/mol. The number of aromatic nitrogens is 2. The SMILES string of the molecule is COC1=CC(c2[nH]c3ccccc3c2I)=NC1=Cc1[nH]c(C)c(I)c1C. The second-order valence-electron chi connectivity index (χ2n) is 6.20. The van der Waals surface area contributed by atoms with Crippen LogP contribution in [0.4, 0.5) is 0 Å². The van der Waals surface area contributed by atoms with Gasteiger partial charge in [-0.2, -0.15) is 0 Å². The highest BCUT2D eigenvalue weighted by atomic mass is 127. The zero-order valence-electron chi connectivity index (χ0n) is 14.6. The first-order valence-corrected chi connectivity index (χ1v) is 10.3. The second kappa shape index (κ2) is 6.88. The van der Waals surface area contributed by atoms with Crippen LogP contribution in [0.15, 0.2) is 46.8 Å². The van der Waals surface area contributed by atoms with Gasteiger partial charge in [0, 0.05) is 35.5 Å². The van der Waals surface area contributed by atoms with E-state index in [1.165, 1.54) is 23.8 Å². The fraction of sp³-hybridized carbons (Fsp3) is 0.150. The molecule has 0 amide bonds. The molecule has 1 aliphatic rings. The lowest BCUT2D eigenvalue weighted by Gasteiger charge is -2.01. The Labute approximate surface area is 179 Å². The van der Waals surface area contributed by atoms with E-state index in [2.05, 4.69) is 93.3 Å². The maximum atomic E-state index is 5.58. The van der Waals surface area contributed by atoms with Gasteiger partial charge in [-0.25, -0.2) is 4.99 Å². The van der Waals surface area contributed by atoms with Crippen molar-refractivity contribution < 1.29 is 4.74 Å². The molecule has 1 aliphatic heterocycles. The Kier molecular flexibility index (Phi) is 4.72. The number of aryl methyl sites for hydroxylation is 1. The number of allylic oxidation sites excluding steroid dienone is 1. The van der Waals surface area contributed by atoms with Crippen molar-refractivity contribution >= 4 is 67.9 Å². The number of nitrogens with one attached hydrogen (secondary N) is 2. The van der Waals surface area contributed by atoms with Gasteiger partial charge in [-0.1, -0.05) is 18.2 Å². The van der Waals surface area contributed by atoms with E-state index in [0.717, 1.165) is 34.1 Å². The maximum absolute atomic E-state index is 5.58. The molecule has 4 nitrogen and oxygen atoms in total. The van der Waals surface area contributed by atoms with Crippen LogP contribution in [0, 0.1) is 21.0 Å². The van der Waals surface area contributed by atoms with E-state index in [9.17, 15) is 0 Å². The first-order valence-electron chi connectivity index (χ1n) is 8.17. The van der Waals surface area contributed by atoms with Crippen molar-refractivity contribution in [2.24, 2.45) is 4.99 Å². The van der Waals surface area contributed by atoms with Crippen LogP contribution in [0.3, 0.4) is 0 Å². The minimum Gasteiger partial charge on any atom is -0.494 e. The molecule has 0 fully saturated rings. The summed E-state index contributed by atoms with van der Waals surface area (Å²) >= 11 is 4.75. The zero-order chi connectivity index (χ0) is 18.4. The van der Waals surface area contributed by atoms with Crippen LogP contribution in [-0.2, 0) is 4.74 Å². The molecule has 4 rings (SSSR count). The number of aromatic amines is 2. The third-order valence-electron chi connectivity index (χ3n) is 4.55. The van der Waals surface area contributed by atoms with Crippen molar-refractivity contribution in [1.82, 2.24) is 9.97 Å². The molecule has 2 N–H and O–H groups in total. The van der Waals surface area contributed by atoms with Gasteiger partial charge in [0.2, 0.25) is 0 Å². The molecule has 3 heterocycles. The normalized spacial score (nSPS) is 15.7. The number of rotatable bonds is 3. The summed E-state index contributed by atoms with van der Waals surface area (Å²) < 4.78 is 8.01. The summed E-state index contributed by atoms with van der Waals surface area (Å²) in [6, 6.07) is 8.30. The molecule has 26 heavy (non-hydrogen) atoms. The fourth-order valence-corrected chi connectivity index (χ4v) is 4.43. The number of halogens is 2. The first kappa shape index (κ1) is 17.8. The molecule has 132 valence electrons. The Morgan fingerprint density at radius 1 is 1.08 bits per heavy atom. The molecule has 0 aliphatic carbocycles. The molecule has 0 bridgehead atoms. The monoisotopic (exact) mass is 569 g/mol. The quantitative estimate of drug-likeness (QED) is 0.392. The minimum absolute atomic E-state index is 0.774. The summed E-state index contributed by atoms with van der Waals surface area (Å²) in [6.45, 7) is 4.20. The minimum atomic E-state index is 0.774. The number of hydrogen-bond acceptors (Lipinski definition) is 2. The maximum Gasteiger partial charge on any atom is 0.146 e. The number of H-pyrrole nitrogens is 2. The Bertz CT molecular complexity index is 1120. The van der Waals surface area contributed by atoms with Crippen LogP contribution in [0.25, 0.3) is 17.0 Å². The Hall–Kier alpha value is -1.55. The molecule has 0 spiro atoms. The van der Waals surface area contributed by atoms with Gasteiger partial charge in [-0.15, -0.1) is 0 Å². The van der Waals surface area contributed by atoms with Gasteiger partial charge >= 0.3 is 0 Å². The molecule has 3 aromatic rings. The van der Waals surface area contributed by atoms with Crippen LogP contribution in [0.2, 0.25) is 0 Å². The summed E-state index contributed by atoms with van der Waals surface area (Å²) in [5.41, 5.74) is 7.34. The predicted molar refractivity (Wildman–Crippen MR) is 124 cm³/mol. The zero-order valence-corrected chi connectivity index (χ0v) is 18.9. The third-order valence-corrected chi connectivity index (χ3v) is 7.28. The number of ether oxygens (including phenoxy) is 1. The summed E-state index contributed by atoms with van der Waals surface area (Å²) in [4.78, 5) is 11.8. The molecule has 6 heteroatoms. The van der Waals surface area contributed by atoms with Crippen molar-refractivity contribution in [2.75, 3.05) is 7.11 Å². The highest BCUT2D eigenvalue weighted by molar-refractivity contribution is 14.1. The lowest BCUT2D eigenvalue weighted by atomic mass is 10.2. The van der Waals surface area contributed by atoms with Crippen molar-refractivity contribution in [3.8, 4) is 0 Å². The summed E-state index contributed by atoms with van der Waals surface area (Å²) in [5, 5.41) is 1.21.